The van der Waals surface area contributed by atoms with Crippen LogP contribution in [0.2, 0.25) is 0 Å². The number of hydrogen-bond donors (Lipinski definition) is 2. The van der Waals surface area contributed by atoms with E-state index in [-0.39, 0.29) is 53.6 Å². The van der Waals surface area contributed by atoms with E-state index in [9.17, 15) is 9.59 Å². The van der Waals surface area contributed by atoms with E-state index < -0.39 is 0 Å². The van der Waals surface area contributed by atoms with Crippen LogP contribution in [0.1, 0.15) is 57.2 Å². The van der Waals surface area contributed by atoms with Gasteiger partial charge in [-0.05, 0) is 47.4 Å². The number of benzene rings is 2. The summed E-state index contributed by atoms with van der Waals surface area (Å²) in [6, 6.07) is 10.8. The van der Waals surface area contributed by atoms with Crippen LogP contribution < -0.4 is 15.0 Å². The Morgan fingerprint density at radius 1 is 1.26 bits per heavy atom. The van der Waals surface area contributed by atoms with E-state index in [0.717, 1.165) is 16.8 Å². The number of nitrogens with one attached hydrogen (secondary N) is 2. The number of ketones is 1. The van der Waals surface area contributed by atoms with E-state index in [1.165, 1.54) is 0 Å². The average Bonchev–Trinajstić information content (AvgIpc) is 3.10. The third kappa shape index (κ3) is 5.39. The number of Topliss-reactive ketones (excluding diaryl/α,β-unsaturated/α-hetero) is 1. The van der Waals surface area contributed by atoms with Crippen molar-refractivity contribution in [1.82, 2.24) is 10.2 Å². The number of nitriles is 1. The van der Waals surface area contributed by atoms with Crippen molar-refractivity contribution >= 4 is 40.2 Å². The van der Waals surface area contributed by atoms with Crippen molar-refractivity contribution in [2.24, 2.45) is 0 Å². The lowest BCUT2D eigenvalue weighted by atomic mass is 9.98. The van der Waals surface area contributed by atoms with Crippen LogP contribution >= 0.6 is 17.0 Å². The van der Waals surface area contributed by atoms with Crippen LogP contribution in [0.5, 0.6) is 5.75 Å². The van der Waals surface area contributed by atoms with Crippen LogP contribution in [0.15, 0.2) is 30.3 Å². The molecule has 8 nitrogen and oxygen atoms in total. The third-order valence-electron chi connectivity index (χ3n) is 5.69. The van der Waals surface area contributed by atoms with E-state index in [1.807, 2.05) is 45.0 Å². The molecule has 1 aliphatic heterocycles. The quantitative estimate of drug-likeness (QED) is 0.506. The molecule has 180 valence electrons. The van der Waals surface area contributed by atoms with Gasteiger partial charge in [0.15, 0.2) is 12.4 Å². The van der Waals surface area contributed by atoms with Gasteiger partial charge in [0.1, 0.15) is 17.7 Å². The molecule has 0 spiro atoms. The van der Waals surface area contributed by atoms with Gasteiger partial charge in [-0.1, -0.05) is 13.8 Å². The molecule has 9 heteroatoms. The second-order valence-electron chi connectivity index (χ2n) is 8.48. The van der Waals surface area contributed by atoms with Gasteiger partial charge < -0.3 is 19.9 Å². The van der Waals surface area contributed by atoms with Crippen molar-refractivity contribution in [2.75, 3.05) is 39.2 Å². The first-order valence-corrected chi connectivity index (χ1v) is 10.7. The third-order valence-corrected chi connectivity index (χ3v) is 5.69. The molecule has 0 aliphatic carbocycles. The molecular weight excluding hydrogens is 498 g/mol. The zero-order valence-electron chi connectivity index (χ0n) is 20.1. The van der Waals surface area contributed by atoms with Gasteiger partial charge in [0.05, 0.1) is 12.1 Å². The maximum absolute atomic E-state index is 13.1. The molecule has 0 saturated carbocycles. The van der Waals surface area contributed by atoms with E-state index in [1.54, 1.807) is 36.2 Å². The first-order chi connectivity index (χ1) is 15.7. The van der Waals surface area contributed by atoms with Crippen LogP contribution in [-0.4, -0.2) is 56.7 Å². The summed E-state index contributed by atoms with van der Waals surface area (Å²) in [5, 5.41) is 20.0. The molecule has 2 aromatic carbocycles. The SMILES string of the molecule is Br.CNC(=O)c1cc2c(cc1N(C)C)CN(CC(=O)c1ccc(OCC#N)c(C(C)C)c1)C2=N. The number of ether oxygens (including phenoxy) is 1. The molecule has 2 N–H and O–H groups in total. The first kappa shape index (κ1) is 26.9. The molecule has 1 heterocycles. The van der Waals surface area contributed by atoms with Gasteiger partial charge in [-0.15, -0.1) is 17.0 Å². The monoisotopic (exact) mass is 527 g/mol. The van der Waals surface area contributed by atoms with Crippen LogP contribution in [0.3, 0.4) is 0 Å². The predicted molar refractivity (Wildman–Crippen MR) is 138 cm³/mol. The van der Waals surface area contributed by atoms with Gasteiger partial charge >= 0.3 is 0 Å². The fraction of sp³-hybridized carbons (Fsp3) is 0.360. The Bertz CT molecular complexity index is 1150. The lowest BCUT2D eigenvalue weighted by Gasteiger charge is -2.18. The zero-order chi connectivity index (χ0) is 24.3. The summed E-state index contributed by atoms with van der Waals surface area (Å²) in [6.45, 7) is 4.43. The Labute approximate surface area is 210 Å². The Kier molecular flexibility index (Phi) is 8.82. The fourth-order valence-corrected chi connectivity index (χ4v) is 3.94. The highest BCUT2D eigenvalue weighted by Gasteiger charge is 2.29. The number of amidine groups is 1. The second-order valence-corrected chi connectivity index (χ2v) is 8.48. The number of rotatable bonds is 8. The van der Waals surface area contributed by atoms with Crippen molar-refractivity contribution in [3.63, 3.8) is 0 Å². The van der Waals surface area contributed by atoms with Crippen LogP contribution in [-0.2, 0) is 6.54 Å². The Balaban J connectivity index is 0.00000408. The van der Waals surface area contributed by atoms with E-state index in [4.69, 9.17) is 15.4 Å². The average molecular weight is 528 g/mol. The van der Waals surface area contributed by atoms with Crippen molar-refractivity contribution in [3.8, 4) is 11.8 Å². The summed E-state index contributed by atoms with van der Waals surface area (Å²) in [4.78, 5) is 29.0. The molecule has 0 saturated heterocycles. The molecule has 0 fully saturated rings. The number of nitrogens with zero attached hydrogens (tertiary/aromatic N) is 3. The molecular formula is C25H30BrN5O3. The maximum Gasteiger partial charge on any atom is 0.253 e. The molecule has 0 bridgehead atoms. The molecule has 3 rings (SSSR count). The zero-order valence-corrected chi connectivity index (χ0v) is 21.8. The molecule has 34 heavy (non-hydrogen) atoms. The van der Waals surface area contributed by atoms with E-state index in [0.29, 0.717) is 29.0 Å². The number of halogens is 1. The van der Waals surface area contributed by atoms with Gasteiger partial charge in [-0.25, -0.2) is 0 Å². The normalized spacial score (nSPS) is 12.0. The topological polar surface area (TPSA) is 110 Å². The minimum Gasteiger partial charge on any atom is -0.478 e. The largest absolute Gasteiger partial charge is 0.478 e. The van der Waals surface area contributed by atoms with Crippen molar-refractivity contribution < 1.29 is 14.3 Å². The summed E-state index contributed by atoms with van der Waals surface area (Å²) in [5.41, 5.74) is 4.23. The van der Waals surface area contributed by atoms with Crippen LogP contribution in [0.4, 0.5) is 5.69 Å². The lowest BCUT2D eigenvalue weighted by molar-refractivity contribution is 0.0955. The van der Waals surface area contributed by atoms with Crippen LogP contribution in [0, 0.1) is 16.7 Å². The molecule has 0 atom stereocenters. The number of amides is 1. The van der Waals surface area contributed by atoms with Gasteiger partial charge in [0, 0.05) is 44.5 Å². The van der Waals surface area contributed by atoms with Crippen molar-refractivity contribution in [3.05, 3.63) is 58.1 Å². The Hall–Kier alpha value is -3.38. The molecule has 2 aromatic rings. The number of carbonyl (C=O) groups excluding carboxylic acids is 2. The Morgan fingerprint density at radius 2 is 1.97 bits per heavy atom. The minimum absolute atomic E-state index is 0. The maximum atomic E-state index is 13.1. The highest BCUT2D eigenvalue weighted by atomic mass is 79.9. The van der Waals surface area contributed by atoms with Gasteiger partial charge in [-0.3, -0.25) is 15.0 Å². The highest BCUT2D eigenvalue weighted by molar-refractivity contribution is 8.93. The summed E-state index contributed by atoms with van der Waals surface area (Å²) >= 11 is 0. The molecule has 0 aromatic heterocycles. The van der Waals surface area contributed by atoms with Gasteiger partial charge in [-0.2, -0.15) is 5.26 Å². The van der Waals surface area contributed by atoms with Gasteiger partial charge in [0.25, 0.3) is 5.91 Å². The molecule has 0 unspecified atom stereocenters. The van der Waals surface area contributed by atoms with E-state index in [2.05, 4.69) is 5.32 Å². The number of fused-ring (bicyclic) bond motifs is 1. The standard InChI is InChI=1S/C25H29N5O3.BrH/c1-15(2)18-10-16(6-7-23(18)33-9-8-26)22(31)14-30-13-17-11-21(29(4)5)20(25(32)28-3)12-19(17)24(30)27;/h6-7,10-12,15,27H,9,13-14H2,1-5H3,(H,28,32);1H. The highest BCUT2D eigenvalue weighted by Crippen LogP contribution is 2.31. The minimum atomic E-state index is -0.219. The second kappa shape index (κ2) is 11.2. The van der Waals surface area contributed by atoms with Crippen molar-refractivity contribution in [2.45, 2.75) is 26.3 Å². The summed E-state index contributed by atoms with van der Waals surface area (Å²) < 4.78 is 5.49. The van der Waals surface area contributed by atoms with Crippen molar-refractivity contribution in [1.29, 1.82) is 10.7 Å². The number of anilines is 1. The molecule has 0 radical (unpaired) electrons. The summed E-state index contributed by atoms with van der Waals surface area (Å²) in [5.74, 6) is 0.618. The smallest absolute Gasteiger partial charge is 0.253 e. The van der Waals surface area contributed by atoms with Crippen LogP contribution in [0.25, 0.3) is 0 Å². The summed E-state index contributed by atoms with van der Waals surface area (Å²) in [7, 11) is 5.31. The number of hydrogen-bond acceptors (Lipinski definition) is 6. The number of carbonyl (C=O) groups is 2. The van der Waals surface area contributed by atoms with E-state index >= 15 is 0 Å². The van der Waals surface area contributed by atoms with Gasteiger partial charge in [0.2, 0.25) is 0 Å². The lowest BCUT2D eigenvalue weighted by Crippen LogP contribution is -2.30. The predicted octanol–water partition coefficient (Wildman–Crippen LogP) is 3.74. The molecule has 1 amide bonds. The molecule has 1 aliphatic rings. The Morgan fingerprint density at radius 3 is 2.56 bits per heavy atom. The fourth-order valence-electron chi connectivity index (χ4n) is 3.94. The first-order valence-electron chi connectivity index (χ1n) is 10.7. The summed E-state index contributed by atoms with van der Waals surface area (Å²) in [6.07, 6.45) is 0.